The first-order chi connectivity index (χ1) is 33.5. The van der Waals surface area contributed by atoms with Crippen LogP contribution in [-0.4, -0.2) is 68.5 Å². The highest BCUT2D eigenvalue weighted by Gasteiger charge is 2.24. The third-order valence-electron chi connectivity index (χ3n) is 12.1. The van der Waals surface area contributed by atoms with Crippen LogP contribution in [0.15, 0.2) is 97.2 Å². The number of hydrogen-bond donors (Lipinski definition) is 2. The second kappa shape index (κ2) is 50.4. The normalized spacial score (nSPS) is 14.7. The molecule has 0 bridgehead atoms. The molecule has 0 rings (SSSR count). The monoisotopic (exact) mass is 983 g/mol. The van der Waals surface area contributed by atoms with Gasteiger partial charge in [0.25, 0.3) is 7.82 Å². The molecule has 0 heterocycles. The van der Waals surface area contributed by atoms with Gasteiger partial charge in [0.05, 0.1) is 39.9 Å². The number of phosphoric ester groups is 1. The molecule has 398 valence electrons. The zero-order valence-corrected chi connectivity index (χ0v) is 46.1. The number of nitrogens with zero attached hydrogens (tertiary/aromatic N) is 1. The number of likely N-dealkylation sites (N-methyl/N-ethyl adjacent to an activating group) is 1. The summed E-state index contributed by atoms with van der Waals surface area (Å²) < 4.78 is 23.4. The maximum Gasteiger partial charge on any atom is 0.268 e. The summed E-state index contributed by atoms with van der Waals surface area (Å²) in [5.74, 6) is -0.192. The van der Waals surface area contributed by atoms with Gasteiger partial charge in [-0.3, -0.25) is 9.36 Å². The predicted octanol–water partition coefficient (Wildman–Crippen LogP) is 16.4. The summed E-state index contributed by atoms with van der Waals surface area (Å²) in [5.41, 5.74) is 0. The number of amides is 1. The largest absolute Gasteiger partial charge is 0.756 e. The van der Waals surface area contributed by atoms with Gasteiger partial charge in [0.15, 0.2) is 0 Å². The van der Waals surface area contributed by atoms with Crippen LogP contribution < -0.4 is 10.2 Å². The van der Waals surface area contributed by atoms with Gasteiger partial charge in [-0.15, -0.1) is 0 Å². The number of carbonyl (C=O) groups excluding carboxylic acids is 1. The molecule has 2 N–H and O–H groups in total. The number of phosphoric acid groups is 1. The average molecular weight is 983 g/mol. The van der Waals surface area contributed by atoms with Crippen LogP contribution in [0.2, 0.25) is 0 Å². The third-order valence-corrected chi connectivity index (χ3v) is 13.1. The van der Waals surface area contributed by atoms with Gasteiger partial charge in [0.2, 0.25) is 5.91 Å². The SMILES string of the molecule is CC/C=C\C/C=C\C/C=C\C/C=C\C/C=C\C/C=C\C/C=C\C/C=C\CCCCCCC(=O)NC(COP(=O)([O-])OCC[N+](C)(C)C)C(O)CCCCCCCCCCCCCCCCCCCC. The lowest BCUT2D eigenvalue weighted by Gasteiger charge is -2.30. The van der Waals surface area contributed by atoms with E-state index < -0.39 is 20.0 Å². The van der Waals surface area contributed by atoms with Gasteiger partial charge in [-0.25, -0.2) is 0 Å². The molecule has 0 aliphatic carbocycles. The molecule has 0 aromatic carbocycles. The van der Waals surface area contributed by atoms with Crippen molar-refractivity contribution in [2.75, 3.05) is 40.9 Å². The molecule has 3 unspecified atom stereocenters. The predicted molar refractivity (Wildman–Crippen MR) is 297 cm³/mol. The van der Waals surface area contributed by atoms with Crippen molar-refractivity contribution >= 4 is 13.7 Å². The van der Waals surface area contributed by atoms with Crippen LogP contribution in [0.1, 0.15) is 226 Å². The molecule has 0 fully saturated rings. The Hall–Kier alpha value is -2.58. The molecule has 1 amide bonds. The lowest BCUT2D eigenvalue weighted by Crippen LogP contribution is -2.46. The van der Waals surface area contributed by atoms with E-state index in [9.17, 15) is 19.4 Å². The number of aliphatic hydroxyl groups is 1. The van der Waals surface area contributed by atoms with E-state index in [4.69, 9.17) is 9.05 Å². The van der Waals surface area contributed by atoms with E-state index in [0.29, 0.717) is 23.9 Å². The minimum absolute atomic E-state index is 0.00172. The van der Waals surface area contributed by atoms with Gasteiger partial charge >= 0.3 is 0 Å². The van der Waals surface area contributed by atoms with Crippen molar-refractivity contribution in [1.29, 1.82) is 0 Å². The smallest absolute Gasteiger partial charge is 0.268 e. The molecule has 0 aromatic rings. The molecule has 0 saturated heterocycles. The Balaban J connectivity index is 4.29. The first-order valence-corrected chi connectivity index (χ1v) is 29.5. The second-order valence-electron chi connectivity index (χ2n) is 19.9. The molecule has 3 atom stereocenters. The number of aliphatic hydroxyl groups excluding tert-OH is 1. The highest BCUT2D eigenvalue weighted by atomic mass is 31.2. The molecule has 0 aliphatic heterocycles. The molecule has 9 heteroatoms. The lowest BCUT2D eigenvalue weighted by molar-refractivity contribution is -0.870. The molecule has 8 nitrogen and oxygen atoms in total. The van der Waals surface area contributed by atoms with Gasteiger partial charge in [0.1, 0.15) is 13.2 Å². The van der Waals surface area contributed by atoms with Crippen LogP contribution in [0, 0.1) is 0 Å². The lowest BCUT2D eigenvalue weighted by atomic mass is 10.0. The fourth-order valence-corrected chi connectivity index (χ4v) is 8.43. The summed E-state index contributed by atoms with van der Waals surface area (Å²) >= 11 is 0. The second-order valence-corrected chi connectivity index (χ2v) is 21.3. The molecule has 0 aromatic heterocycles. The number of carbonyl (C=O) groups is 1. The highest BCUT2D eigenvalue weighted by Crippen LogP contribution is 2.38. The number of allylic oxidation sites excluding steroid dienone is 16. The van der Waals surface area contributed by atoms with E-state index in [2.05, 4.69) is 116 Å². The van der Waals surface area contributed by atoms with E-state index in [-0.39, 0.29) is 19.1 Å². The van der Waals surface area contributed by atoms with E-state index in [0.717, 1.165) is 103 Å². The number of hydrogen-bond acceptors (Lipinski definition) is 6. The van der Waals surface area contributed by atoms with Crippen molar-refractivity contribution in [1.82, 2.24) is 5.32 Å². The Morgan fingerprint density at radius 3 is 1.29 bits per heavy atom. The fourth-order valence-electron chi connectivity index (χ4n) is 7.70. The third kappa shape index (κ3) is 53.1. The molecular weight excluding hydrogens is 876 g/mol. The Morgan fingerprint density at radius 1 is 0.522 bits per heavy atom. The first-order valence-electron chi connectivity index (χ1n) is 28.1. The summed E-state index contributed by atoms with van der Waals surface area (Å²) in [5, 5.41) is 14.0. The summed E-state index contributed by atoms with van der Waals surface area (Å²) in [4.78, 5) is 25.5. The number of unbranched alkanes of at least 4 members (excludes halogenated alkanes) is 21. The fraction of sp³-hybridized carbons (Fsp3) is 0.717. The summed E-state index contributed by atoms with van der Waals surface area (Å²) in [6.45, 7) is 4.59. The van der Waals surface area contributed by atoms with Crippen LogP contribution in [0.25, 0.3) is 0 Å². The van der Waals surface area contributed by atoms with Crippen LogP contribution in [0.4, 0.5) is 0 Å². The van der Waals surface area contributed by atoms with Gasteiger partial charge < -0.3 is 28.8 Å². The van der Waals surface area contributed by atoms with Crippen LogP contribution >= 0.6 is 7.82 Å². The van der Waals surface area contributed by atoms with Crippen molar-refractivity contribution in [2.45, 2.75) is 238 Å². The van der Waals surface area contributed by atoms with Crippen LogP contribution in [0.3, 0.4) is 0 Å². The van der Waals surface area contributed by atoms with Gasteiger partial charge in [-0.1, -0.05) is 239 Å². The van der Waals surface area contributed by atoms with Crippen molar-refractivity contribution in [3.05, 3.63) is 97.2 Å². The molecule has 0 spiro atoms. The average Bonchev–Trinajstić information content (AvgIpc) is 3.31. The zero-order chi connectivity index (χ0) is 50.6. The first kappa shape index (κ1) is 66.4. The molecule has 0 radical (unpaired) electrons. The van der Waals surface area contributed by atoms with Gasteiger partial charge in [-0.2, -0.15) is 0 Å². The van der Waals surface area contributed by atoms with Gasteiger partial charge in [0, 0.05) is 6.42 Å². The maximum atomic E-state index is 13.0. The van der Waals surface area contributed by atoms with Gasteiger partial charge in [-0.05, 0) is 77.0 Å². The Bertz CT molecular complexity index is 1440. The number of rotatable bonds is 50. The zero-order valence-electron chi connectivity index (χ0n) is 45.2. The summed E-state index contributed by atoms with van der Waals surface area (Å²) in [7, 11) is 1.27. The van der Waals surface area contributed by atoms with Crippen molar-refractivity contribution in [3.8, 4) is 0 Å². The maximum absolute atomic E-state index is 13.0. The minimum atomic E-state index is -4.59. The van der Waals surface area contributed by atoms with E-state index >= 15 is 0 Å². The van der Waals surface area contributed by atoms with E-state index in [1.165, 1.54) is 96.3 Å². The molecule has 0 aliphatic rings. The Kier molecular flexibility index (Phi) is 48.5. The molecular formula is C60H107N2O6P. The van der Waals surface area contributed by atoms with Crippen LogP contribution in [0.5, 0.6) is 0 Å². The summed E-state index contributed by atoms with van der Waals surface area (Å²) in [6.07, 6.45) is 71.4. The molecule has 0 saturated carbocycles. The van der Waals surface area contributed by atoms with E-state index in [1.807, 2.05) is 21.1 Å². The standard InChI is InChI=1S/C60H107N2O6P/c1-6-8-10-12-14-16-18-20-22-24-26-27-28-29-30-31-32-33-34-35-36-38-40-42-44-46-48-50-52-54-60(64)61-58(57-68-69(65,66)67-56-55-62(3,4)5)59(63)53-51-49-47-45-43-41-39-37-25-23-21-19-17-15-13-11-9-7-2/h8,10,14,16,20,22,26-27,29-30,32-33,35-36,40,42,58-59,63H,6-7,9,11-13,15,17-19,21,23-25,28,31,34,37-39,41,43-57H2,1-5H3,(H-,61,64,65,66)/b10-8-,16-14-,22-20-,27-26-,30-29-,33-32-,36-35-,42-40-. The van der Waals surface area contributed by atoms with E-state index in [1.54, 1.807) is 0 Å². The summed E-state index contributed by atoms with van der Waals surface area (Å²) in [6, 6.07) is -0.822. The van der Waals surface area contributed by atoms with Crippen molar-refractivity contribution < 1.29 is 32.9 Å². The van der Waals surface area contributed by atoms with Crippen LogP contribution in [-0.2, 0) is 18.4 Å². The Morgan fingerprint density at radius 2 is 0.884 bits per heavy atom. The van der Waals surface area contributed by atoms with Crippen molar-refractivity contribution in [2.24, 2.45) is 0 Å². The molecule has 69 heavy (non-hydrogen) atoms. The number of quaternary nitrogens is 1. The topological polar surface area (TPSA) is 108 Å². The quantitative estimate of drug-likeness (QED) is 0.0272. The highest BCUT2D eigenvalue weighted by molar-refractivity contribution is 7.45. The minimum Gasteiger partial charge on any atom is -0.756 e. The van der Waals surface area contributed by atoms with Crippen molar-refractivity contribution in [3.63, 3.8) is 0 Å². The Labute approximate surface area is 426 Å². The number of nitrogens with one attached hydrogen (secondary N) is 1.